The number of amides is 1. The van der Waals surface area contributed by atoms with Gasteiger partial charge in [-0.1, -0.05) is 41.9 Å². The van der Waals surface area contributed by atoms with Gasteiger partial charge >= 0.3 is 6.18 Å². The second-order valence-electron chi connectivity index (χ2n) is 8.22. The van der Waals surface area contributed by atoms with Crippen LogP contribution in [0.15, 0.2) is 83.8 Å². The highest BCUT2D eigenvalue weighted by molar-refractivity contribution is 7.92. The lowest BCUT2D eigenvalue weighted by molar-refractivity contribution is -0.137. The Morgan fingerprint density at radius 2 is 1.56 bits per heavy atom. The molecule has 0 N–H and O–H groups in total. The van der Waals surface area contributed by atoms with Gasteiger partial charge in [-0.2, -0.15) is 13.2 Å². The molecule has 0 saturated carbocycles. The third kappa shape index (κ3) is 5.76. The number of piperazine rings is 1. The summed E-state index contributed by atoms with van der Waals surface area (Å²) in [5.74, 6) is -0.502. The lowest BCUT2D eigenvalue weighted by Gasteiger charge is -2.37. The number of carbonyl (C=O) groups excluding carboxylic acids is 1. The highest BCUT2D eigenvalue weighted by atomic mass is 35.5. The molecule has 6 nitrogen and oxygen atoms in total. The summed E-state index contributed by atoms with van der Waals surface area (Å²) in [6, 6.07) is 18.6. The fraction of sp³-hybridized carbons (Fsp3) is 0.240. The minimum Gasteiger partial charge on any atom is -0.368 e. The Kier molecular flexibility index (Phi) is 7.46. The largest absolute Gasteiger partial charge is 0.416 e. The molecule has 1 amide bonds. The highest BCUT2D eigenvalue weighted by Gasteiger charge is 2.34. The molecule has 36 heavy (non-hydrogen) atoms. The third-order valence-corrected chi connectivity index (χ3v) is 7.90. The molecule has 1 fully saturated rings. The summed E-state index contributed by atoms with van der Waals surface area (Å²) < 4.78 is 67.7. The van der Waals surface area contributed by atoms with Crippen molar-refractivity contribution in [3.8, 4) is 0 Å². The Labute approximate surface area is 212 Å². The summed E-state index contributed by atoms with van der Waals surface area (Å²) in [6.07, 6.45) is -4.67. The van der Waals surface area contributed by atoms with E-state index in [4.69, 9.17) is 11.6 Å². The van der Waals surface area contributed by atoms with Crippen LogP contribution in [0.5, 0.6) is 0 Å². The molecule has 1 heterocycles. The van der Waals surface area contributed by atoms with E-state index in [-0.39, 0.29) is 10.6 Å². The molecule has 190 valence electrons. The summed E-state index contributed by atoms with van der Waals surface area (Å²) in [4.78, 5) is 16.6. The Morgan fingerprint density at radius 1 is 0.889 bits per heavy atom. The van der Waals surface area contributed by atoms with E-state index in [1.807, 2.05) is 18.2 Å². The summed E-state index contributed by atoms with van der Waals surface area (Å²) in [5.41, 5.74) is -0.331. The first kappa shape index (κ1) is 25.8. The normalized spacial score (nSPS) is 14.6. The first-order valence-electron chi connectivity index (χ1n) is 11.1. The minimum atomic E-state index is -4.67. The number of nitrogens with zero attached hydrogens (tertiary/aromatic N) is 3. The zero-order valence-corrected chi connectivity index (χ0v) is 20.6. The average molecular weight is 538 g/mol. The van der Waals surface area contributed by atoms with Gasteiger partial charge in [0.1, 0.15) is 6.54 Å². The Morgan fingerprint density at radius 3 is 2.19 bits per heavy atom. The molecule has 11 heteroatoms. The maximum atomic E-state index is 13.4. The van der Waals surface area contributed by atoms with Crippen LogP contribution in [0, 0.1) is 0 Å². The molecule has 0 aliphatic carbocycles. The molecular formula is C25H23ClF3N3O3S. The second kappa shape index (κ2) is 10.4. The lowest BCUT2D eigenvalue weighted by atomic mass is 10.2. The second-order valence-corrected chi connectivity index (χ2v) is 10.5. The summed E-state index contributed by atoms with van der Waals surface area (Å²) in [7, 11) is -4.32. The molecule has 3 aromatic carbocycles. The zero-order valence-electron chi connectivity index (χ0n) is 19.0. The molecule has 3 aromatic rings. The van der Waals surface area contributed by atoms with E-state index in [1.54, 1.807) is 12.1 Å². The SMILES string of the molecule is O=C(CN(c1cccc(C(F)(F)F)c1)S(=O)(=O)c1ccccc1)N1CCN(c2cccc(Cl)c2)CC1. The first-order chi connectivity index (χ1) is 17.1. The van der Waals surface area contributed by atoms with Crippen LogP contribution in [-0.2, 0) is 21.0 Å². The van der Waals surface area contributed by atoms with Gasteiger partial charge in [-0.25, -0.2) is 8.42 Å². The topological polar surface area (TPSA) is 60.9 Å². The summed E-state index contributed by atoms with van der Waals surface area (Å²) in [5, 5.41) is 0.592. The van der Waals surface area contributed by atoms with Crippen LogP contribution in [0.2, 0.25) is 5.02 Å². The van der Waals surface area contributed by atoms with Crippen molar-refractivity contribution in [1.82, 2.24) is 4.90 Å². The number of alkyl halides is 3. The number of anilines is 2. The number of sulfonamides is 1. The van der Waals surface area contributed by atoms with Crippen LogP contribution in [0.4, 0.5) is 24.5 Å². The maximum Gasteiger partial charge on any atom is 0.416 e. The molecule has 0 radical (unpaired) electrons. The number of benzene rings is 3. The molecule has 1 saturated heterocycles. The Hall–Kier alpha value is -3.24. The predicted octanol–water partition coefficient (Wildman–Crippen LogP) is 4.90. The maximum absolute atomic E-state index is 13.4. The van der Waals surface area contributed by atoms with Gasteiger partial charge in [0.05, 0.1) is 16.1 Å². The molecule has 0 bridgehead atoms. The van der Waals surface area contributed by atoms with Crippen LogP contribution in [0.1, 0.15) is 5.56 Å². The third-order valence-electron chi connectivity index (χ3n) is 5.88. The van der Waals surface area contributed by atoms with Crippen molar-refractivity contribution in [3.05, 3.63) is 89.4 Å². The molecular weight excluding hydrogens is 515 g/mol. The van der Waals surface area contributed by atoms with Crippen LogP contribution >= 0.6 is 11.6 Å². The molecule has 4 rings (SSSR count). The van der Waals surface area contributed by atoms with Gasteiger partial charge in [0.2, 0.25) is 5.91 Å². The van der Waals surface area contributed by atoms with Crippen molar-refractivity contribution in [2.75, 3.05) is 41.9 Å². The number of rotatable bonds is 6. The fourth-order valence-electron chi connectivity index (χ4n) is 3.98. The van der Waals surface area contributed by atoms with Crippen molar-refractivity contribution in [1.29, 1.82) is 0 Å². The van der Waals surface area contributed by atoms with E-state index >= 15 is 0 Å². The Bertz CT molecular complexity index is 1330. The van der Waals surface area contributed by atoms with Crippen LogP contribution in [0.25, 0.3) is 0 Å². The van der Waals surface area contributed by atoms with E-state index < -0.39 is 34.2 Å². The quantitative estimate of drug-likeness (QED) is 0.449. The van der Waals surface area contributed by atoms with E-state index in [1.165, 1.54) is 35.2 Å². The monoisotopic (exact) mass is 537 g/mol. The van der Waals surface area contributed by atoms with Crippen molar-refractivity contribution < 1.29 is 26.4 Å². The van der Waals surface area contributed by atoms with E-state index in [0.29, 0.717) is 31.2 Å². The van der Waals surface area contributed by atoms with Gasteiger partial charge < -0.3 is 9.80 Å². The van der Waals surface area contributed by atoms with Gasteiger partial charge in [0.25, 0.3) is 10.0 Å². The van der Waals surface area contributed by atoms with Crippen molar-refractivity contribution in [2.45, 2.75) is 11.1 Å². The van der Waals surface area contributed by atoms with Gasteiger partial charge in [-0.05, 0) is 48.5 Å². The smallest absolute Gasteiger partial charge is 0.368 e. The molecule has 0 aromatic heterocycles. The van der Waals surface area contributed by atoms with Crippen LogP contribution in [-0.4, -0.2) is 51.9 Å². The van der Waals surface area contributed by atoms with E-state index in [9.17, 15) is 26.4 Å². The van der Waals surface area contributed by atoms with Crippen molar-refractivity contribution in [2.24, 2.45) is 0 Å². The predicted molar refractivity (Wildman–Crippen MR) is 133 cm³/mol. The first-order valence-corrected chi connectivity index (χ1v) is 12.9. The standard InChI is InChI=1S/C25H23ClF3N3O3S/c26-20-7-5-8-21(17-20)30-12-14-31(15-13-30)24(33)18-32(36(34,35)23-10-2-1-3-11-23)22-9-4-6-19(16-22)25(27,28)29/h1-11,16-17H,12-15,18H2. The van der Waals surface area contributed by atoms with Gasteiger partial charge in [-0.15, -0.1) is 0 Å². The molecule has 0 unspecified atom stereocenters. The van der Waals surface area contributed by atoms with Crippen molar-refractivity contribution in [3.63, 3.8) is 0 Å². The number of hydrogen-bond donors (Lipinski definition) is 0. The van der Waals surface area contributed by atoms with Crippen molar-refractivity contribution >= 4 is 38.9 Å². The lowest BCUT2D eigenvalue weighted by Crippen LogP contribution is -2.52. The van der Waals surface area contributed by atoms with Gasteiger partial charge in [0.15, 0.2) is 0 Å². The van der Waals surface area contributed by atoms with E-state index in [2.05, 4.69) is 4.90 Å². The molecule has 1 aliphatic rings. The van der Waals surface area contributed by atoms with E-state index in [0.717, 1.165) is 28.2 Å². The van der Waals surface area contributed by atoms with Crippen LogP contribution in [0.3, 0.4) is 0 Å². The zero-order chi connectivity index (χ0) is 25.9. The number of carbonyl (C=O) groups is 1. The molecule has 1 aliphatic heterocycles. The van der Waals surface area contributed by atoms with Gasteiger partial charge in [0, 0.05) is 36.9 Å². The molecule has 0 spiro atoms. The van der Waals surface area contributed by atoms with Gasteiger partial charge in [-0.3, -0.25) is 9.10 Å². The minimum absolute atomic E-state index is 0.124. The van der Waals surface area contributed by atoms with Crippen LogP contribution < -0.4 is 9.21 Å². The Balaban J connectivity index is 1.58. The summed E-state index contributed by atoms with van der Waals surface area (Å²) in [6.45, 7) is 1.03. The summed E-state index contributed by atoms with van der Waals surface area (Å²) >= 11 is 6.07. The highest BCUT2D eigenvalue weighted by Crippen LogP contribution is 2.33. The average Bonchev–Trinajstić information content (AvgIpc) is 2.87. The fourth-order valence-corrected chi connectivity index (χ4v) is 5.59. The molecule has 0 atom stereocenters. The number of hydrogen-bond acceptors (Lipinski definition) is 4. The number of halogens is 4.